The predicted octanol–water partition coefficient (Wildman–Crippen LogP) is 4.74. The molecule has 0 aliphatic rings. The fourth-order valence-corrected chi connectivity index (χ4v) is 5.96. The smallest absolute Gasteiger partial charge is 0.343 e. The first-order valence-electron chi connectivity index (χ1n) is 6.66. The van der Waals surface area contributed by atoms with Gasteiger partial charge < -0.3 is 8.85 Å². The van der Waals surface area contributed by atoms with Gasteiger partial charge in [0.05, 0.1) is 0 Å². The van der Waals surface area contributed by atoms with Crippen molar-refractivity contribution in [3.63, 3.8) is 0 Å². The fraction of sp³-hybridized carbons (Fsp3) is 1.00. The van der Waals surface area contributed by atoms with Crippen LogP contribution in [0, 0.1) is 5.41 Å². The van der Waals surface area contributed by atoms with Crippen LogP contribution in [0.3, 0.4) is 0 Å². The molecule has 0 saturated carbocycles. The molecule has 0 rings (SSSR count). The molecular formula is C14H32O2Si. The van der Waals surface area contributed by atoms with Gasteiger partial charge >= 0.3 is 8.56 Å². The Kier molecular flexibility index (Phi) is 5.90. The van der Waals surface area contributed by atoms with E-state index in [1.165, 1.54) is 0 Å². The molecule has 0 aromatic carbocycles. The number of hydrogen-bond donors (Lipinski definition) is 0. The molecule has 0 fully saturated rings. The van der Waals surface area contributed by atoms with Crippen molar-refractivity contribution in [3.05, 3.63) is 0 Å². The van der Waals surface area contributed by atoms with Gasteiger partial charge in [-0.2, -0.15) is 0 Å². The minimum absolute atomic E-state index is 0.108. The highest BCUT2D eigenvalue weighted by Gasteiger charge is 2.49. The molecular weight excluding hydrogens is 228 g/mol. The van der Waals surface area contributed by atoms with Crippen molar-refractivity contribution in [1.82, 2.24) is 0 Å². The second kappa shape index (κ2) is 5.85. The summed E-state index contributed by atoms with van der Waals surface area (Å²) >= 11 is 0. The summed E-state index contributed by atoms with van der Waals surface area (Å²) in [5.74, 6) is 0. The van der Waals surface area contributed by atoms with Crippen molar-refractivity contribution in [1.29, 1.82) is 0 Å². The third-order valence-corrected chi connectivity index (χ3v) is 7.81. The second-order valence-corrected chi connectivity index (χ2v) is 11.6. The van der Waals surface area contributed by atoms with Gasteiger partial charge in [0.25, 0.3) is 0 Å². The molecule has 0 bridgehead atoms. The Labute approximate surface area is 109 Å². The van der Waals surface area contributed by atoms with E-state index in [0.29, 0.717) is 5.41 Å². The van der Waals surface area contributed by atoms with Gasteiger partial charge in [0, 0.05) is 18.3 Å². The van der Waals surface area contributed by atoms with Crippen LogP contribution >= 0.6 is 0 Å². The Hall–Kier alpha value is 0.137. The summed E-state index contributed by atoms with van der Waals surface area (Å²) in [5, 5.41) is 0.108. The molecule has 0 aromatic heterocycles. The van der Waals surface area contributed by atoms with E-state index in [0.717, 1.165) is 12.5 Å². The van der Waals surface area contributed by atoms with Gasteiger partial charge in [-0.25, -0.2) is 0 Å². The van der Waals surface area contributed by atoms with E-state index in [9.17, 15) is 0 Å². The van der Waals surface area contributed by atoms with Crippen LogP contribution in [0.15, 0.2) is 0 Å². The number of hydrogen-bond acceptors (Lipinski definition) is 2. The quantitative estimate of drug-likeness (QED) is 0.665. The first-order valence-corrected chi connectivity index (χ1v) is 8.69. The Morgan fingerprint density at radius 2 is 1.47 bits per heavy atom. The van der Waals surface area contributed by atoms with Crippen molar-refractivity contribution in [2.24, 2.45) is 5.41 Å². The summed E-state index contributed by atoms with van der Waals surface area (Å²) < 4.78 is 12.2. The molecule has 0 saturated heterocycles. The van der Waals surface area contributed by atoms with Gasteiger partial charge in [-0.1, -0.05) is 41.5 Å². The van der Waals surface area contributed by atoms with E-state index in [1.807, 2.05) is 7.11 Å². The molecule has 0 radical (unpaired) electrons. The summed E-state index contributed by atoms with van der Waals surface area (Å²) in [6.07, 6.45) is 1.39. The molecule has 1 atom stereocenters. The first-order chi connectivity index (χ1) is 7.43. The van der Waals surface area contributed by atoms with E-state index in [2.05, 4.69) is 55.4 Å². The monoisotopic (exact) mass is 260 g/mol. The standard InChI is InChI=1S/C14H32O2Si/c1-12(2)16-17(15-9,14(6,7)8)11-10-13(3,4)5/h12H,10-11H2,1-9H3. The van der Waals surface area contributed by atoms with Crippen LogP contribution in [0.5, 0.6) is 0 Å². The van der Waals surface area contributed by atoms with Gasteiger partial charge in [-0.05, 0) is 31.7 Å². The van der Waals surface area contributed by atoms with E-state index < -0.39 is 8.56 Å². The van der Waals surface area contributed by atoms with Crippen LogP contribution in [-0.2, 0) is 8.85 Å². The topological polar surface area (TPSA) is 18.5 Å². The lowest BCUT2D eigenvalue weighted by Gasteiger charge is -2.42. The average molecular weight is 260 g/mol. The van der Waals surface area contributed by atoms with Crippen molar-refractivity contribution >= 4 is 8.56 Å². The molecule has 1 unspecified atom stereocenters. The normalized spacial score (nSPS) is 17.3. The highest BCUT2D eigenvalue weighted by molar-refractivity contribution is 6.70. The van der Waals surface area contributed by atoms with Crippen molar-refractivity contribution < 1.29 is 8.85 Å². The third-order valence-electron chi connectivity index (χ3n) is 3.10. The average Bonchev–Trinajstić information content (AvgIpc) is 2.08. The minimum Gasteiger partial charge on any atom is -0.397 e. The zero-order valence-electron chi connectivity index (χ0n) is 13.3. The highest BCUT2D eigenvalue weighted by Crippen LogP contribution is 2.43. The first kappa shape index (κ1) is 17.1. The maximum atomic E-state index is 6.26. The van der Waals surface area contributed by atoms with Crippen LogP contribution < -0.4 is 0 Å². The van der Waals surface area contributed by atoms with Gasteiger partial charge in [0.2, 0.25) is 0 Å². The highest BCUT2D eigenvalue weighted by atomic mass is 28.4. The SMILES string of the molecule is CO[Si](CCC(C)(C)C)(OC(C)C)C(C)(C)C. The Morgan fingerprint density at radius 1 is 1.00 bits per heavy atom. The fourth-order valence-electron chi connectivity index (χ4n) is 1.99. The molecule has 0 aliphatic carbocycles. The maximum Gasteiger partial charge on any atom is 0.343 e. The lowest BCUT2D eigenvalue weighted by molar-refractivity contribution is 0.130. The lowest BCUT2D eigenvalue weighted by Crippen LogP contribution is -2.51. The summed E-state index contributed by atoms with van der Waals surface area (Å²) in [6.45, 7) is 17.8. The van der Waals surface area contributed by atoms with E-state index in [4.69, 9.17) is 8.85 Å². The van der Waals surface area contributed by atoms with Crippen LogP contribution in [-0.4, -0.2) is 21.8 Å². The summed E-state index contributed by atoms with van der Waals surface area (Å²) in [5.41, 5.74) is 0.336. The van der Waals surface area contributed by atoms with E-state index in [-0.39, 0.29) is 11.1 Å². The molecule has 17 heavy (non-hydrogen) atoms. The zero-order chi connectivity index (χ0) is 13.9. The van der Waals surface area contributed by atoms with Gasteiger partial charge in [-0.3, -0.25) is 0 Å². The lowest BCUT2D eigenvalue weighted by atomic mass is 9.94. The summed E-state index contributed by atoms with van der Waals surface area (Å²) in [7, 11) is -0.322. The number of rotatable bonds is 5. The second-order valence-electron chi connectivity index (χ2n) is 7.43. The molecule has 0 amide bonds. The molecule has 104 valence electrons. The predicted molar refractivity (Wildman–Crippen MR) is 77.6 cm³/mol. The van der Waals surface area contributed by atoms with Crippen LogP contribution in [0.2, 0.25) is 11.1 Å². The van der Waals surface area contributed by atoms with Gasteiger partial charge in [-0.15, -0.1) is 0 Å². The van der Waals surface area contributed by atoms with Gasteiger partial charge in [0.15, 0.2) is 0 Å². The van der Waals surface area contributed by atoms with Crippen molar-refractivity contribution in [2.45, 2.75) is 79.0 Å². The molecule has 0 spiro atoms. The third kappa shape index (κ3) is 5.54. The molecule has 0 aromatic rings. The van der Waals surface area contributed by atoms with Crippen LogP contribution in [0.25, 0.3) is 0 Å². The molecule has 0 heterocycles. The molecule has 2 nitrogen and oxygen atoms in total. The largest absolute Gasteiger partial charge is 0.397 e. The summed E-state index contributed by atoms with van der Waals surface area (Å²) in [4.78, 5) is 0. The minimum atomic E-state index is -2.14. The Morgan fingerprint density at radius 3 is 1.71 bits per heavy atom. The molecule has 0 aliphatic heterocycles. The molecule has 3 heteroatoms. The van der Waals surface area contributed by atoms with Gasteiger partial charge in [0.1, 0.15) is 0 Å². The van der Waals surface area contributed by atoms with Crippen molar-refractivity contribution in [2.75, 3.05) is 7.11 Å². The van der Waals surface area contributed by atoms with E-state index in [1.54, 1.807) is 0 Å². The molecule has 0 N–H and O–H groups in total. The van der Waals surface area contributed by atoms with Crippen LogP contribution in [0.4, 0.5) is 0 Å². The Bertz CT molecular complexity index is 225. The van der Waals surface area contributed by atoms with Crippen molar-refractivity contribution in [3.8, 4) is 0 Å². The summed E-state index contributed by atoms with van der Waals surface area (Å²) in [6, 6.07) is 1.06. The Balaban J connectivity index is 4.94. The van der Waals surface area contributed by atoms with Crippen LogP contribution in [0.1, 0.15) is 61.8 Å². The maximum absolute atomic E-state index is 6.26. The zero-order valence-corrected chi connectivity index (χ0v) is 14.3. The van der Waals surface area contributed by atoms with E-state index >= 15 is 0 Å².